The highest BCUT2D eigenvalue weighted by Crippen LogP contribution is 2.27. The summed E-state index contributed by atoms with van der Waals surface area (Å²) < 4.78 is 14.2. The molecule has 4 aromatic rings. The van der Waals surface area contributed by atoms with Crippen LogP contribution in [0.15, 0.2) is 64.4 Å². The minimum absolute atomic E-state index is 0.0649. The average Bonchev–Trinajstić information content (AvgIpc) is 2.80. The van der Waals surface area contributed by atoms with Crippen LogP contribution in [-0.2, 0) is 0 Å². The fourth-order valence-electron chi connectivity index (χ4n) is 3.15. The Balaban J connectivity index is 1.75. The van der Waals surface area contributed by atoms with E-state index in [0.29, 0.717) is 0 Å². The Morgan fingerprint density at radius 2 is 1.83 bits per heavy atom. The van der Waals surface area contributed by atoms with Crippen LogP contribution in [0.3, 0.4) is 0 Å². The first-order valence-corrected chi connectivity index (χ1v) is 9.64. The third-order valence-electron chi connectivity index (χ3n) is 4.74. The van der Waals surface area contributed by atoms with Crippen LogP contribution in [-0.4, -0.2) is 36.6 Å². The quantitative estimate of drug-likeness (QED) is 0.247. The Kier molecular flexibility index (Phi) is 5.76. The molecule has 0 saturated heterocycles. The molecule has 4 rings (SSSR count). The van der Waals surface area contributed by atoms with Gasteiger partial charge in [0.2, 0.25) is 11.1 Å². The van der Waals surface area contributed by atoms with E-state index in [9.17, 15) is 33.7 Å². The molecule has 0 saturated carbocycles. The average molecular weight is 480 g/mol. The van der Waals surface area contributed by atoms with Crippen molar-refractivity contribution in [2.45, 2.75) is 0 Å². The van der Waals surface area contributed by atoms with E-state index in [1.165, 1.54) is 18.3 Å². The van der Waals surface area contributed by atoms with E-state index < -0.39 is 45.1 Å². The van der Waals surface area contributed by atoms with Crippen molar-refractivity contribution in [1.82, 2.24) is 14.5 Å². The van der Waals surface area contributed by atoms with E-state index in [1.54, 1.807) is 0 Å². The topological polar surface area (TPSA) is 189 Å². The number of hydrogen-bond donors (Lipinski definition) is 4. The van der Waals surface area contributed by atoms with Gasteiger partial charge >= 0.3 is 12.0 Å². The monoisotopic (exact) mass is 480 g/mol. The van der Waals surface area contributed by atoms with Crippen LogP contribution in [0.1, 0.15) is 10.5 Å². The molecule has 0 atom stereocenters. The van der Waals surface area contributed by atoms with Crippen LogP contribution in [0, 0.1) is 15.9 Å². The number of nitro benzene ring substituents is 1. The summed E-state index contributed by atoms with van der Waals surface area (Å²) >= 11 is 0. The van der Waals surface area contributed by atoms with Gasteiger partial charge in [0.25, 0.3) is 11.2 Å². The molecule has 4 N–H and O–H groups in total. The van der Waals surface area contributed by atoms with Crippen molar-refractivity contribution in [2.75, 3.05) is 10.6 Å². The second-order valence-corrected chi connectivity index (χ2v) is 7.05. The predicted molar refractivity (Wildman–Crippen MR) is 121 cm³/mol. The summed E-state index contributed by atoms with van der Waals surface area (Å²) in [6.45, 7) is 0. The maximum absolute atomic E-state index is 13.0. The number of halogens is 1. The van der Waals surface area contributed by atoms with Crippen LogP contribution in [0.5, 0.6) is 0 Å². The van der Waals surface area contributed by atoms with Crippen LogP contribution >= 0.6 is 0 Å². The molecule has 2 heterocycles. The van der Waals surface area contributed by atoms with Crippen molar-refractivity contribution in [3.8, 4) is 5.69 Å². The van der Waals surface area contributed by atoms with Crippen molar-refractivity contribution in [2.24, 2.45) is 0 Å². The number of hydrogen-bond acceptors (Lipinski definition) is 7. The lowest BCUT2D eigenvalue weighted by Crippen LogP contribution is -2.24. The molecule has 0 aliphatic heterocycles. The SMILES string of the molecule is O=C(Nc1ccc(F)cc1)Nc1cn(-c2cc3nc(C(=O)O)c(=O)[nH]c3cc2[N+](=O)[O-])ccc1=O. The normalized spacial score (nSPS) is 10.7. The number of carboxylic acids is 1. The van der Waals surface area contributed by atoms with Crippen molar-refractivity contribution >= 4 is 40.1 Å². The lowest BCUT2D eigenvalue weighted by molar-refractivity contribution is -0.384. The Morgan fingerprint density at radius 1 is 1.11 bits per heavy atom. The van der Waals surface area contributed by atoms with Gasteiger partial charge in [-0.2, -0.15) is 0 Å². The lowest BCUT2D eigenvalue weighted by Gasteiger charge is -2.12. The first-order valence-electron chi connectivity index (χ1n) is 9.64. The molecule has 176 valence electrons. The number of aromatic carboxylic acids is 1. The second-order valence-electron chi connectivity index (χ2n) is 7.05. The zero-order valence-corrected chi connectivity index (χ0v) is 17.3. The first-order chi connectivity index (χ1) is 16.6. The van der Waals surface area contributed by atoms with Crippen LogP contribution in [0.4, 0.5) is 26.2 Å². The van der Waals surface area contributed by atoms with Crippen LogP contribution in [0.2, 0.25) is 0 Å². The number of benzene rings is 2. The predicted octanol–water partition coefficient (Wildman–Crippen LogP) is 2.46. The third kappa shape index (κ3) is 4.70. The zero-order valence-electron chi connectivity index (χ0n) is 17.3. The smallest absolute Gasteiger partial charge is 0.360 e. The number of fused-ring (bicyclic) bond motifs is 1. The number of nitro groups is 1. The Labute approximate surface area is 192 Å². The van der Waals surface area contributed by atoms with E-state index >= 15 is 0 Å². The van der Waals surface area contributed by atoms with E-state index in [4.69, 9.17) is 5.11 Å². The fraction of sp³-hybridized carbons (Fsp3) is 0. The summed E-state index contributed by atoms with van der Waals surface area (Å²) in [5, 5.41) is 25.5. The highest BCUT2D eigenvalue weighted by Gasteiger charge is 2.20. The number of nitrogens with one attached hydrogen (secondary N) is 3. The molecule has 2 aromatic carbocycles. The maximum Gasteiger partial charge on any atom is 0.360 e. The van der Waals surface area contributed by atoms with Gasteiger partial charge in [-0.25, -0.2) is 19.0 Å². The molecule has 0 fully saturated rings. The number of nitrogens with zero attached hydrogens (tertiary/aromatic N) is 3. The number of pyridine rings is 1. The molecule has 0 spiro atoms. The number of aromatic amines is 1. The number of rotatable bonds is 5. The number of H-pyrrole nitrogens is 1. The molecule has 35 heavy (non-hydrogen) atoms. The second kappa shape index (κ2) is 8.86. The molecular formula is C21H13FN6O7. The molecule has 0 unspecified atom stereocenters. The summed E-state index contributed by atoms with van der Waals surface area (Å²) in [4.78, 5) is 64.6. The Hall–Kier alpha value is -5.40. The first kappa shape index (κ1) is 22.8. The van der Waals surface area contributed by atoms with E-state index in [1.807, 2.05) is 0 Å². The van der Waals surface area contributed by atoms with E-state index in [0.717, 1.165) is 41.1 Å². The summed E-state index contributed by atoms with van der Waals surface area (Å²) in [5.74, 6) is -2.09. The number of carbonyl (C=O) groups is 2. The summed E-state index contributed by atoms with van der Waals surface area (Å²) in [7, 11) is 0. The highest BCUT2D eigenvalue weighted by molar-refractivity contribution is 5.99. The number of anilines is 2. The van der Waals surface area contributed by atoms with Crippen molar-refractivity contribution in [3.05, 3.63) is 97.1 Å². The van der Waals surface area contributed by atoms with Gasteiger partial charge in [0.05, 0.1) is 16.0 Å². The number of urea groups is 1. The van der Waals surface area contributed by atoms with Crippen LogP contribution < -0.4 is 21.6 Å². The number of aromatic nitrogens is 3. The zero-order chi connectivity index (χ0) is 25.3. The largest absolute Gasteiger partial charge is 0.476 e. The molecule has 0 bridgehead atoms. The molecule has 2 amide bonds. The Bertz CT molecular complexity index is 1630. The van der Waals surface area contributed by atoms with Gasteiger partial charge in [-0.1, -0.05) is 0 Å². The lowest BCUT2D eigenvalue weighted by atomic mass is 10.2. The van der Waals surface area contributed by atoms with Crippen LogP contribution in [0.25, 0.3) is 16.7 Å². The molecule has 0 aliphatic carbocycles. The maximum atomic E-state index is 13.0. The molecule has 13 nitrogen and oxygen atoms in total. The van der Waals surface area contributed by atoms with E-state index in [2.05, 4.69) is 20.6 Å². The molecule has 2 aromatic heterocycles. The number of carboxylic acid groups (broad SMARTS) is 1. The van der Waals surface area contributed by atoms with Crippen molar-refractivity contribution in [1.29, 1.82) is 0 Å². The summed E-state index contributed by atoms with van der Waals surface area (Å²) in [5.41, 5.74) is -3.22. The van der Waals surface area contributed by atoms with Crippen molar-refractivity contribution in [3.63, 3.8) is 0 Å². The summed E-state index contributed by atoms with van der Waals surface area (Å²) in [6.07, 6.45) is 2.31. The standard InChI is InChI=1S/C21H13FN6O7/c22-10-1-3-11(4-2-10)23-21(33)26-14-9-27(6-5-17(14)29)15-7-12-13(8-16(15)28(34)35)25-19(30)18(24-12)20(31)32/h1-9H,(H,25,30)(H,31,32)(H2,23,26,33). The van der Waals surface area contributed by atoms with Gasteiger partial charge in [-0.15, -0.1) is 0 Å². The molecule has 14 heteroatoms. The van der Waals surface area contributed by atoms with Gasteiger partial charge in [-0.05, 0) is 30.3 Å². The molecule has 0 aliphatic rings. The number of amides is 2. The summed E-state index contributed by atoms with van der Waals surface area (Å²) in [6, 6.07) is 7.23. The van der Waals surface area contributed by atoms with Gasteiger partial charge < -0.3 is 25.3 Å². The van der Waals surface area contributed by atoms with E-state index in [-0.39, 0.29) is 28.1 Å². The van der Waals surface area contributed by atoms with Gasteiger partial charge in [0.15, 0.2) is 0 Å². The highest BCUT2D eigenvalue weighted by atomic mass is 19.1. The Morgan fingerprint density at radius 3 is 2.49 bits per heavy atom. The number of carbonyl (C=O) groups excluding carboxylic acids is 1. The molecule has 0 radical (unpaired) electrons. The van der Waals surface area contributed by atoms with Crippen molar-refractivity contribution < 1.29 is 24.0 Å². The molecular weight excluding hydrogens is 467 g/mol. The van der Waals surface area contributed by atoms with Gasteiger partial charge in [-0.3, -0.25) is 19.7 Å². The van der Waals surface area contributed by atoms with Gasteiger partial charge in [0.1, 0.15) is 17.2 Å². The minimum Gasteiger partial charge on any atom is -0.476 e. The third-order valence-corrected chi connectivity index (χ3v) is 4.74. The van der Waals surface area contributed by atoms with Gasteiger partial charge in [0, 0.05) is 30.2 Å². The minimum atomic E-state index is -1.59. The fourth-order valence-corrected chi connectivity index (χ4v) is 3.15.